The predicted octanol–water partition coefficient (Wildman–Crippen LogP) is 5.41. The standard InChI is InChI=1S/C30H34F3N3O5/c1-4-5-9-24-34-27(37)25(29(39)36(24)26-22(40-2)7-6-8-23(26)41-3)28(38)35-16-14-20(15-17-35)18-19-10-12-21(13-11-19)30(31,32)33/h6-8,10-13,20,37H,4-5,9,14-18H2,1-3H3. The zero-order chi connectivity index (χ0) is 29.7. The highest BCUT2D eigenvalue weighted by atomic mass is 19.4. The monoisotopic (exact) mass is 573 g/mol. The Labute approximate surface area is 236 Å². The van der Waals surface area contributed by atoms with Crippen molar-refractivity contribution in [1.29, 1.82) is 0 Å². The number of likely N-dealkylation sites (tertiary alicyclic amines) is 1. The van der Waals surface area contributed by atoms with Crippen LogP contribution in [-0.4, -0.2) is 52.8 Å². The zero-order valence-corrected chi connectivity index (χ0v) is 23.3. The Kier molecular flexibility index (Phi) is 9.25. The summed E-state index contributed by atoms with van der Waals surface area (Å²) in [7, 11) is 2.92. The maximum absolute atomic E-state index is 13.9. The molecule has 0 saturated carbocycles. The average molecular weight is 574 g/mol. The summed E-state index contributed by atoms with van der Waals surface area (Å²) in [6.07, 6.45) is -0.697. The van der Waals surface area contributed by atoms with E-state index in [9.17, 15) is 27.9 Å². The number of carbonyl (C=O) groups excluding carboxylic acids is 1. The molecule has 1 amide bonds. The lowest BCUT2D eigenvalue weighted by Crippen LogP contribution is -2.42. The van der Waals surface area contributed by atoms with Gasteiger partial charge in [-0.05, 0) is 61.4 Å². The summed E-state index contributed by atoms with van der Waals surface area (Å²) < 4.78 is 50.9. The second-order valence-corrected chi connectivity index (χ2v) is 10.1. The van der Waals surface area contributed by atoms with E-state index in [0.29, 0.717) is 62.4 Å². The van der Waals surface area contributed by atoms with Crippen LogP contribution in [0.25, 0.3) is 5.69 Å². The SMILES string of the molecule is CCCCc1nc(O)c(C(=O)N2CCC(Cc3ccc(C(F)(F)F)cc3)CC2)c(=O)n1-c1c(OC)cccc1OC. The number of ether oxygens (including phenoxy) is 2. The quantitative estimate of drug-likeness (QED) is 0.368. The largest absolute Gasteiger partial charge is 0.494 e. The summed E-state index contributed by atoms with van der Waals surface area (Å²) in [4.78, 5) is 33.3. The van der Waals surface area contributed by atoms with E-state index in [0.717, 1.165) is 24.1 Å². The number of aryl methyl sites for hydroxylation is 1. The molecule has 0 radical (unpaired) electrons. The number of para-hydroxylation sites is 1. The Morgan fingerprint density at radius 1 is 1.05 bits per heavy atom. The summed E-state index contributed by atoms with van der Waals surface area (Å²) >= 11 is 0. The second-order valence-electron chi connectivity index (χ2n) is 10.1. The van der Waals surface area contributed by atoms with Crippen LogP contribution in [0.5, 0.6) is 17.4 Å². The first-order valence-corrected chi connectivity index (χ1v) is 13.6. The van der Waals surface area contributed by atoms with Crippen LogP contribution < -0.4 is 15.0 Å². The van der Waals surface area contributed by atoms with Gasteiger partial charge in [-0.1, -0.05) is 31.5 Å². The Hall–Kier alpha value is -4.02. The fourth-order valence-corrected chi connectivity index (χ4v) is 5.19. The van der Waals surface area contributed by atoms with Gasteiger partial charge in [-0.15, -0.1) is 0 Å². The van der Waals surface area contributed by atoms with E-state index in [1.54, 1.807) is 18.2 Å². The molecule has 1 aliphatic rings. The van der Waals surface area contributed by atoms with Gasteiger partial charge in [-0.25, -0.2) is 0 Å². The minimum Gasteiger partial charge on any atom is -0.494 e. The van der Waals surface area contributed by atoms with Crippen LogP contribution in [0.4, 0.5) is 13.2 Å². The van der Waals surface area contributed by atoms with Crippen molar-refractivity contribution in [1.82, 2.24) is 14.5 Å². The highest BCUT2D eigenvalue weighted by molar-refractivity contribution is 5.96. The number of benzene rings is 2. The number of aromatic hydroxyl groups is 1. The van der Waals surface area contributed by atoms with Crippen LogP contribution in [0.15, 0.2) is 47.3 Å². The lowest BCUT2D eigenvalue weighted by molar-refractivity contribution is -0.137. The van der Waals surface area contributed by atoms with Gasteiger partial charge in [0.25, 0.3) is 11.5 Å². The van der Waals surface area contributed by atoms with Gasteiger partial charge in [0.05, 0.1) is 19.8 Å². The van der Waals surface area contributed by atoms with Gasteiger partial charge in [0.2, 0.25) is 5.88 Å². The van der Waals surface area contributed by atoms with Gasteiger partial charge < -0.3 is 19.5 Å². The van der Waals surface area contributed by atoms with Gasteiger partial charge in [0.1, 0.15) is 23.0 Å². The van der Waals surface area contributed by atoms with Crippen molar-refractivity contribution in [2.45, 2.75) is 51.6 Å². The molecule has 0 bridgehead atoms. The molecule has 2 aromatic carbocycles. The lowest BCUT2D eigenvalue weighted by atomic mass is 9.89. The van der Waals surface area contributed by atoms with Gasteiger partial charge in [0, 0.05) is 19.5 Å². The number of alkyl halides is 3. The summed E-state index contributed by atoms with van der Waals surface area (Å²) in [5, 5.41) is 10.8. The molecule has 0 spiro atoms. The van der Waals surface area contributed by atoms with Crippen LogP contribution in [0, 0.1) is 5.92 Å². The molecule has 8 nitrogen and oxygen atoms in total. The average Bonchev–Trinajstić information content (AvgIpc) is 2.95. The number of halogens is 3. The predicted molar refractivity (Wildman–Crippen MR) is 147 cm³/mol. The third-order valence-electron chi connectivity index (χ3n) is 7.43. The first kappa shape index (κ1) is 30.0. The van der Waals surface area contributed by atoms with E-state index in [1.807, 2.05) is 6.92 Å². The summed E-state index contributed by atoms with van der Waals surface area (Å²) in [6, 6.07) is 10.2. The van der Waals surface area contributed by atoms with Crippen LogP contribution in [0.3, 0.4) is 0 Å². The summed E-state index contributed by atoms with van der Waals surface area (Å²) in [5.41, 5.74) is -0.749. The Morgan fingerprint density at radius 3 is 2.20 bits per heavy atom. The minimum absolute atomic E-state index is 0.161. The molecular weight excluding hydrogens is 539 g/mol. The van der Waals surface area contributed by atoms with Crippen molar-refractivity contribution in [2.75, 3.05) is 27.3 Å². The molecule has 220 valence electrons. The Balaban J connectivity index is 1.59. The molecule has 1 aliphatic heterocycles. The number of methoxy groups -OCH3 is 2. The highest BCUT2D eigenvalue weighted by Gasteiger charge is 2.32. The van der Waals surface area contributed by atoms with Gasteiger partial charge in [0.15, 0.2) is 5.56 Å². The first-order chi connectivity index (χ1) is 19.6. The fourth-order valence-electron chi connectivity index (χ4n) is 5.19. The number of nitrogens with zero attached hydrogens (tertiary/aromatic N) is 3. The molecule has 0 unspecified atom stereocenters. The number of amides is 1. The van der Waals surface area contributed by atoms with E-state index in [2.05, 4.69) is 4.98 Å². The second kappa shape index (κ2) is 12.7. The number of unbranched alkanes of at least 4 members (excludes halogenated alkanes) is 1. The number of hydrogen-bond donors (Lipinski definition) is 1. The molecule has 0 atom stereocenters. The molecule has 3 aromatic rings. The minimum atomic E-state index is -4.38. The zero-order valence-electron chi connectivity index (χ0n) is 23.3. The van der Waals surface area contributed by atoms with Crippen LogP contribution in [0.1, 0.15) is 59.9 Å². The molecule has 4 rings (SSSR count). The number of piperidine rings is 1. The van der Waals surface area contributed by atoms with Crippen molar-refractivity contribution in [2.24, 2.45) is 5.92 Å². The van der Waals surface area contributed by atoms with E-state index in [1.165, 1.54) is 35.8 Å². The van der Waals surface area contributed by atoms with E-state index in [4.69, 9.17) is 9.47 Å². The van der Waals surface area contributed by atoms with Crippen LogP contribution in [0.2, 0.25) is 0 Å². The van der Waals surface area contributed by atoms with Crippen molar-refractivity contribution < 1.29 is 32.5 Å². The summed E-state index contributed by atoms with van der Waals surface area (Å²) in [5.74, 6) is -0.114. The maximum atomic E-state index is 13.9. The van der Waals surface area contributed by atoms with Gasteiger partial charge >= 0.3 is 6.18 Å². The number of carbonyl (C=O) groups is 1. The van der Waals surface area contributed by atoms with E-state index >= 15 is 0 Å². The van der Waals surface area contributed by atoms with Crippen LogP contribution >= 0.6 is 0 Å². The molecule has 11 heteroatoms. The van der Waals surface area contributed by atoms with E-state index < -0.39 is 34.6 Å². The fraction of sp³-hybridized carbons (Fsp3) is 0.433. The Morgan fingerprint density at radius 2 is 1.66 bits per heavy atom. The number of rotatable bonds is 9. The Bertz CT molecular complexity index is 1410. The normalized spacial score (nSPS) is 14.2. The maximum Gasteiger partial charge on any atom is 0.416 e. The van der Waals surface area contributed by atoms with Crippen LogP contribution in [-0.2, 0) is 19.0 Å². The number of aromatic nitrogens is 2. The van der Waals surface area contributed by atoms with E-state index in [-0.39, 0.29) is 11.7 Å². The van der Waals surface area contributed by atoms with Crippen molar-refractivity contribution in [3.05, 3.63) is 75.3 Å². The lowest BCUT2D eigenvalue weighted by Gasteiger charge is -2.32. The van der Waals surface area contributed by atoms with Gasteiger partial charge in [-0.3, -0.25) is 14.2 Å². The highest BCUT2D eigenvalue weighted by Crippen LogP contribution is 2.34. The topological polar surface area (TPSA) is 93.9 Å². The molecular formula is C30H34F3N3O5. The molecule has 1 N–H and O–H groups in total. The molecule has 1 saturated heterocycles. The molecule has 1 fully saturated rings. The smallest absolute Gasteiger partial charge is 0.416 e. The van der Waals surface area contributed by atoms with Crippen molar-refractivity contribution in [3.8, 4) is 23.1 Å². The third-order valence-corrected chi connectivity index (χ3v) is 7.43. The first-order valence-electron chi connectivity index (χ1n) is 13.6. The third kappa shape index (κ3) is 6.49. The number of hydrogen-bond acceptors (Lipinski definition) is 6. The van der Waals surface area contributed by atoms with Crippen molar-refractivity contribution >= 4 is 5.91 Å². The van der Waals surface area contributed by atoms with Gasteiger partial charge in [-0.2, -0.15) is 18.2 Å². The molecule has 2 heterocycles. The molecule has 0 aliphatic carbocycles. The molecule has 1 aromatic heterocycles. The van der Waals surface area contributed by atoms with Crippen molar-refractivity contribution in [3.63, 3.8) is 0 Å². The summed E-state index contributed by atoms with van der Waals surface area (Å²) in [6.45, 7) is 2.65. The molecule has 41 heavy (non-hydrogen) atoms.